The van der Waals surface area contributed by atoms with Gasteiger partial charge in [0.05, 0.1) is 21.0 Å². The van der Waals surface area contributed by atoms with Crippen LogP contribution in [0.25, 0.3) is 0 Å². The smallest absolute Gasteiger partial charge is 0.255 e. The van der Waals surface area contributed by atoms with E-state index in [1.54, 1.807) is 11.8 Å². The van der Waals surface area contributed by atoms with Crippen LogP contribution >= 0.6 is 108 Å². The normalized spacial score (nSPS) is 19.8. The molecule has 0 spiro atoms. The summed E-state index contributed by atoms with van der Waals surface area (Å²) in [6.45, 7) is -1.60. The molecular weight excluding hydrogens is 1530 g/mol. The largest absolute Gasteiger partial charge is 0.274 e. The van der Waals surface area contributed by atoms with Crippen LogP contribution in [0, 0.1) is 0 Å². The fourth-order valence-corrected chi connectivity index (χ4v) is 17.9. The first kappa shape index (κ1) is 77.6. The number of likely N-dealkylation sites (tertiary alicyclic amines) is 4. The van der Waals surface area contributed by atoms with Crippen LogP contribution in [-0.2, 0) is 76.7 Å². The number of carbonyl (C=O) groups excluding carboxylic acids is 16. The van der Waals surface area contributed by atoms with Gasteiger partial charge in [0.25, 0.3) is 47.3 Å². The van der Waals surface area contributed by atoms with Crippen molar-refractivity contribution in [1.82, 2.24) is 39.2 Å². The molecule has 4 fully saturated rings. The van der Waals surface area contributed by atoms with E-state index in [0.717, 1.165) is 137 Å². The molecule has 4 unspecified atom stereocenters. The number of imide groups is 8. The fraction of sp³-hybridized carbons (Fsp3) is 0.178. The second kappa shape index (κ2) is 34.4. The summed E-state index contributed by atoms with van der Waals surface area (Å²) in [5.74, 6) is -8.14. The number of benzene rings is 6. The van der Waals surface area contributed by atoms with E-state index < -0.39 is 136 Å². The highest BCUT2D eigenvalue weighted by atomic mass is 32.2. The van der Waals surface area contributed by atoms with Gasteiger partial charge in [-0.2, -0.15) is 0 Å². The Labute approximate surface area is 646 Å². The van der Waals surface area contributed by atoms with E-state index in [1.807, 2.05) is 121 Å². The van der Waals surface area contributed by atoms with Gasteiger partial charge in [-0.25, -0.2) is 0 Å². The SMILES string of the molecule is C.O=C1C=CC(=O)N1CN1C(=O)C=CC1=O.O=C1C=CC(=O)N1CN1C(=O)CC(Sc2ccc(Sc3ccc(SC4CC(=O)N(CN5C(=O)CC(Sc6ccc(Sc7ccc(SC8CC(=O)N(CN9C(=O)C=CC9=O)C8=O)cc7)cc6)C5=O)C4=O)cc3)cc2)C1=O.Sc1ccc(Sc2ccc(S)cc2)cc1. The van der Waals surface area contributed by atoms with E-state index in [4.69, 9.17) is 0 Å². The highest BCUT2D eigenvalue weighted by Crippen LogP contribution is 2.40. The molecule has 24 nitrogen and oxygen atoms in total. The third-order valence-corrected chi connectivity index (χ3v) is 24.8. The number of nitrogens with zero attached hydrogens (tertiary/aromatic N) is 8. The number of rotatable bonds is 22. The molecule has 0 radical (unpaired) electrons. The summed E-state index contributed by atoms with van der Waals surface area (Å²) in [7, 11) is 0. The van der Waals surface area contributed by atoms with Crippen LogP contribution in [0.2, 0.25) is 0 Å². The number of carbonyl (C=O) groups is 16. The maximum Gasteiger partial charge on any atom is 0.255 e. The molecule has 33 heteroatoms. The lowest BCUT2D eigenvalue weighted by Crippen LogP contribution is -2.44. The van der Waals surface area contributed by atoms with Gasteiger partial charge in [0, 0.05) is 133 Å². The molecule has 6 aromatic carbocycles. The molecule has 14 rings (SSSR count). The quantitative estimate of drug-likeness (QED) is 0.0473. The van der Waals surface area contributed by atoms with Crippen molar-refractivity contribution in [2.45, 2.75) is 113 Å². The van der Waals surface area contributed by atoms with E-state index in [-0.39, 0.29) is 39.8 Å². The second-order valence-corrected chi connectivity index (χ2v) is 33.0. The summed E-state index contributed by atoms with van der Waals surface area (Å²) < 4.78 is 0. The summed E-state index contributed by atoms with van der Waals surface area (Å²) in [5.41, 5.74) is 0. The van der Waals surface area contributed by atoms with Crippen molar-refractivity contribution >= 4 is 202 Å². The van der Waals surface area contributed by atoms with Gasteiger partial charge in [-0.1, -0.05) is 42.7 Å². The topological polar surface area (TPSA) is 299 Å². The van der Waals surface area contributed by atoms with Gasteiger partial charge in [0.1, 0.15) is 26.7 Å². The second-order valence-electron chi connectivity index (χ2n) is 23.4. The number of thiol groups is 2. The molecule has 106 heavy (non-hydrogen) atoms. The minimum Gasteiger partial charge on any atom is -0.274 e. The van der Waals surface area contributed by atoms with Crippen molar-refractivity contribution in [2.75, 3.05) is 26.7 Å². The van der Waals surface area contributed by atoms with Gasteiger partial charge in [-0.3, -0.25) is 116 Å². The molecule has 4 saturated heterocycles. The Bertz CT molecular complexity index is 4390. The zero-order valence-corrected chi connectivity index (χ0v) is 61.8. The van der Waals surface area contributed by atoms with E-state index >= 15 is 0 Å². The zero-order chi connectivity index (χ0) is 74.3. The monoisotopic (exact) mass is 1590 g/mol. The standard InChI is InChI=1S/C51H38N6O12S6.C12H10S3.C9H6N2O4.CH4/c58-40-17-18-41(59)52(40)25-54-44(62)21-36(48(54)66)72-32-9-1-28(2-10-32)70-30-5-13-34(14-6-30)74-38-23-46(64)56(50(38)68)27-57-47(65)24-39(51(57)69)75-35-15-7-31(8-16-35)71-29-3-11-33(12-4-29)73-37-22-45(63)55(49(37)67)26-53-42(60)19-20-43(53)61;13-9-1-5-11(6-2-9)15-12-7-3-10(14)4-8-12;12-6-1-2-7(13)10(6)5-11-8(14)3-4-9(11)15;/h1-20,36-39H,21-27H2;1-8,13-14H;1-4H,5H2;1H4. The van der Waals surface area contributed by atoms with E-state index in [9.17, 15) is 76.7 Å². The predicted octanol–water partition coefficient (Wildman–Crippen LogP) is 9.14. The summed E-state index contributed by atoms with van der Waals surface area (Å²) in [6.07, 6.45) is 8.51. The number of amides is 16. The lowest BCUT2D eigenvalue weighted by Gasteiger charge is -2.21. The van der Waals surface area contributed by atoms with E-state index in [2.05, 4.69) is 49.5 Å². The van der Waals surface area contributed by atoms with Crippen LogP contribution in [0.1, 0.15) is 33.1 Å². The molecule has 6 aromatic rings. The van der Waals surface area contributed by atoms with Crippen LogP contribution < -0.4 is 0 Å². The lowest BCUT2D eigenvalue weighted by atomic mass is 10.3. The molecular formula is C73H58N8O16S9. The van der Waals surface area contributed by atoms with Gasteiger partial charge < -0.3 is 0 Å². The highest BCUT2D eigenvalue weighted by molar-refractivity contribution is 8.02. The molecule has 8 heterocycles. The first-order valence-corrected chi connectivity index (χ1v) is 38.4. The summed E-state index contributed by atoms with van der Waals surface area (Å²) in [5, 5.41) is -2.85. The number of thioether (sulfide) groups is 4. The maximum atomic E-state index is 13.5. The van der Waals surface area contributed by atoms with E-state index in [1.165, 1.54) is 80.4 Å². The fourth-order valence-electron chi connectivity index (χ4n) is 10.9. The van der Waals surface area contributed by atoms with Crippen LogP contribution in [0.15, 0.2) is 253 Å². The highest BCUT2D eigenvalue weighted by Gasteiger charge is 2.47. The molecule has 0 aromatic heterocycles. The molecule has 540 valence electrons. The summed E-state index contributed by atoms with van der Waals surface area (Å²) in [4.78, 5) is 215. The Hall–Kier alpha value is -9.45. The predicted molar refractivity (Wildman–Crippen MR) is 400 cm³/mol. The van der Waals surface area contributed by atoms with Crippen LogP contribution in [0.3, 0.4) is 0 Å². The summed E-state index contributed by atoms with van der Waals surface area (Å²) in [6, 6.07) is 46.1. The van der Waals surface area contributed by atoms with Gasteiger partial charge >= 0.3 is 0 Å². The third kappa shape index (κ3) is 18.7. The lowest BCUT2D eigenvalue weighted by molar-refractivity contribution is -0.150. The zero-order valence-electron chi connectivity index (χ0n) is 54.3. The molecule has 0 aliphatic carbocycles. The van der Waals surface area contributed by atoms with Gasteiger partial charge in [-0.05, 0) is 146 Å². The average molecular weight is 1590 g/mol. The van der Waals surface area contributed by atoms with Crippen molar-refractivity contribution in [2.24, 2.45) is 0 Å². The Morgan fingerprint density at radius 2 is 0.387 bits per heavy atom. The molecule has 16 amide bonds. The Morgan fingerprint density at radius 1 is 0.236 bits per heavy atom. The Morgan fingerprint density at radius 3 is 0.575 bits per heavy atom. The van der Waals surface area contributed by atoms with Crippen molar-refractivity contribution in [1.29, 1.82) is 0 Å². The Kier molecular flexibility index (Phi) is 25.2. The van der Waals surface area contributed by atoms with Crippen molar-refractivity contribution in [3.05, 3.63) is 194 Å². The third-order valence-electron chi connectivity index (χ3n) is 16.3. The number of hydrogen-bond donors (Lipinski definition) is 2. The molecule has 8 aliphatic rings. The summed E-state index contributed by atoms with van der Waals surface area (Å²) >= 11 is 18.1. The first-order chi connectivity index (χ1) is 50.4. The van der Waals surface area contributed by atoms with Gasteiger partial charge in [0.15, 0.2) is 0 Å². The maximum absolute atomic E-state index is 13.5. The average Bonchev–Trinajstić information content (AvgIpc) is 1.66. The Balaban J connectivity index is 0.000000296. The van der Waals surface area contributed by atoms with Crippen LogP contribution in [0.4, 0.5) is 0 Å². The molecule has 0 saturated carbocycles. The van der Waals surface area contributed by atoms with Crippen molar-refractivity contribution < 1.29 is 76.7 Å². The van der Waals surface area contributed by atoms with Crippen LogP contribution in [0.5, 0.6) is 0 Å². The van der Waals surface area contributed by atoms with Gasteiger partial charge in [-0.15, -0.1) is 72.3 Å². The van der Waals surface area contributed by atoms with Crippen molar-refractivity contribution in [3.63, 3.8) is 0 Å². The molecule has 0 bridgehead atoms. The minimum absolute atomic E-state index is 0. The molecule has 0 N–H and O–H groups in total. The van der Waals surface area contributed by atoms with E-state index in [0.29, 0.717) is 0 Å². The number of hydrogen-bond acceptors (Lipinski definition) is 25. The molecule has 4 atom stereocenters. The van der Waals surface area contributed by atoms with Crippen molar-refractivity contribution in [3.8, 4) is 0 Å². The van der Waals surface area contributed by atoms with Crippen LogP contribution in [-0.4, -0.2) is 181 Å². The minimum atomic E-state index is -0.739. The molecule has 8 aliphatic heterocycles. The first-order valence-electron chi connectivity index (χ1n) is 31.6. The van der Waals surface area contributed by atoms with Gasteiger partial charge in [0.2, 0.25) is 47.3 Å².